The zero-order chi connectivity index (χ0) is 20.9. The minimum absolute atomic E-state index is 0.00213. The lowest BCUT2D eigenvalue weighted by atomic mass is 10.1. The lowest BCUT2D eigenvalue weighted by Gasteiger charge is -2.32. The van der Waals surface area contributed by atoms with E-state index in [-0.39, 0.29) is 18.3 Å². The van der Waals surface area contributed by atoms with E-state index in [0.717, 1.165) is 31.2 Å². The highest BCUT2D eigenvalue weighted by atomic mass is 19.4. The molecule has 1 aliphatic carbocycles. The molecule has 0 aromatic heterocycles. The van der Waals surface area contributed by atoms with Crippen molar-refractivity contribution in [2.45, 2.75) is 70.8 Å². The van der Waals surface area contributed by atoms with Crippen LogP contribution in [-0.4, -0.2) is 35.4 Å². The first-order valence-corrected chi connectivity index (χ1v) is 9.43. The summed E-state index contributed by atoms with van der Waals surface area (Å²) < 4.78 is 48.4. The molecule has 0 bridgehead atoms. The van der Waals surface area contributed by atoms with E-state index in [9.17, 15) is 18.0 Å². The Labute approximate surface area is 164 Å². The molecule has 0 aliphatic heterocycles. The second-order valence-electron chi connectivity index (χ2n) is 8.02. The summed E-state index contributed by atoms with van der Waals surface area (Å²) in [4.78, 5) is 14.4. The molecule has 7 heteroatoms. The zero-order valence-corrected chi connectivity index (χ0v) is 16.6. The van der Waals surface area contributed by atoms with E-state index in [4.69, 9.17) is 9.47 Å². The van der Waals surface area contributed by atoms with Gasteiger partial charge in [0.15, 0.2) is 6.61 Å². The van der Waals surface area contributed by atoms with Gasteiger partial charge in [0, 0.05) is 11.6 Å². The average molecular weight is 399 g/mol. The fourth-order valence-corrected chi connectivity index (χ4v) is 3.21. The summed E-state index contributed by atoms with van der Waals surface area (Å²) in [5, 5.41) is 0. The fraction of sp³-hybridized carbons (Fsp3) is 0.571. The van der Waals surface area contributed by atoms with Crippen molar-refractivity contribution in [3.05, 3.63) is 35.9 Å². The van der Waals surface area contributed by atoms with Gasteiger partial charge in [-0.05, 0) is 51.3 Å². The molecule has 1 aromatic carbocycles. The monoisotopic (exact) mass is 399 g/mol. The highest BCUT2D eigenvalue weighted by Crippen LogP contribution is 2.30. The van der Waals surface area contributed by atoms with Crippen molar-refractivity contribution in [1.29, 1.82) is 0 Å². The van der Waals surface area contributed by atoms with Crippen molar-refractivity contribution >= 4 is 12.2 Å². The predicted octanol–water partition coefficient (Wildman–Crippen LogP) is 5.95. The number of carbonyl (C=O) groups is 1. The maximum absolute atomic E-state index is 12.8. The minimum atomic E-state index is -4.44. The van der Waals surface area contributed by atoms with Gasteiger partial charge >= 0.3 is 12.3 Å². The van der Waals surface area contributed by atoms with Crippen LogP contribution in [0, 0.1) is 0 Å². The summed E-state index contributed by atoms with van der Waals surface area (Å²) >= 11 is 0. The summed E-state index contributed by atoms with van der Waals surface area (Å²) in [5.41, 5.74) is 0.580. The second-order valence-corrected chi connectivity index (χ2v) is 8.02. The number of nitrogens with zero attached hydrogens (tertiary/aromatic N) is 1. The van der Waals surface area contributed by atoms with Gasteiger partial charge in [0.2, 0.25) is 0 Å². The van der Waals surface area contributed by atoms with Crippen LogP contribution in [-0.2, 0) is 11.3 Å². The molecule has 2 rings (SSSR count). The molecule has 0 N–H and O–H groups in total. The molecular formula is C21H28F3NO3. The van der Waals surface area contributed by atoms with Gasteiger partial charge in [-0.25, -0.2) is 4.79 Å². The number of amides is 1. The smallest absolute Gasteiger partial charge is 0.422 e. The standard InChI is InChI=1S/C21H28F3NO3/c1-5-15-10-11-18(27-14-21(22,23)24)16(12-15)13-25(17-8-6-7-9-17)19(26)28-20(2,3)4/h5,10-12,17H,1,6-9,13-14H2,2-4H3. The molecular weight excluding hydrogens is 371 g/mol. The van der Waals surface area contributed by atoms with Crippen LogP contribution in [0.3, 0.4) is 0 Å². The van der Waals surface area contributed by atoms with E-state index < -0.39 is 24.5 Å². The van der Waals surface area contributed by atoms with Crippen molar-refractivity contribution in [2.75, 3.05) is 6.61 Å². The number of carbonyl (C=O) groups excluding carboxylic acids is 1. The molecule has 4 nitrogen and oxygen atoms in total. The fourth-order valence-electron chi connectivity index (χ4n) is 3.21. The molecule has 0 atom stereocenters. The van der Waals surface area contributed by atoms with Gasteiger partial charge < -0.3 is 14.4 Å². The Hall–Kier alpha value is -2.18. The van der Waals surface area contributed by atoms with Crippen LogP contribution in [0.15, 0.2) is 24.8 Å². The Morgan fingerprint density at radius 1 is 1.25 bits per heavy atom. The van der Waals surface area contributed by atoms with Crippen LogP contribution in [0.4, 0.5) is 18.0 Å². The molecule has 1 amide bonds. The Kier molecular flexibility index (Phi) is 7.01. The molecule has 1 fully saturated rings. The van der Waals surface area contributed by atoms with Gasteiger partial charge in [-0.15, -0.1) is 0 Å². The number of hydrogen-bond acceptors (Lipinski definition) is 3. The third kappa shape index (κ3) is 6.77. The van der Waals surface area contributed by atoms with Crippen LogP contribution in [0.5, 0.6) is 5.75 Å². The SMILES string of the molecule is C=Cc1ccc(OCC(F)(F)F)c(CN(C(=O)OC(C)(C)C)C2CCCC2)c1. The van der Waals surface area contributed by atoms with Crippen LogP contribution >= 0.6 is 0 Å². The molecule has 1 aliphatic rings. The molecule has 28 heavy (non-hydrogen) atoms. The van der Waals surface area contributed by atoms with Crippen molar-refractivity contribution in [3.8, 4) is 5.75 Å². The first kappa shape index (κ1) is 22.1. The first-order valence-electron chi connectivity index (χ1n) is 9.43. The molecule has 0 unspecified atom stereocenters. The predicted molar refractivity (Wildman–Crippen MR) is 102 cm³/mol. The van der Waals surface area contributed by atoms with Gasteiger partial charge in [0.05, 0.1) is 6.54 Å². The number of halogens is 3. The summed E-state index contributed by atoms with van der Waals surface area (Å²) in [5.74, 6) is 0.106. The maximum atomic E-state index is 12.8. The lowest BCUT2D eigenvalue weighted by molar-refractivity contribution is -0.153. The van der Waals surface area contributed by atoms with Gasteiger partial charge in [0.1, 0.15) is 11.4 Å². The van der Waals surface area contributed by atoms with Crippen molar-refractivity contribution in [2.24, 2.45) is 0 Å². The zero-order valence-electron chi connectivity index (χ0n) is 16.6. The number of alkyl halides is 3. The van der Waals surface area contributed by atoms with Gasteiger partial charge in [-0.1, -0.05) is 31.6 Å². The van der Waals surface area contributed by atoms with E-state index in [1.54, 1.807) is 43.9 Å². The van der Waals surface area contributed by atoms with Gasteiger partial charge in [-0.3, -0.25) is 0 Å². The number of hydrogen-bond donors (Lipinski definition) is 0. The maximum Gasteiger partial charge on any atom is 0.422 e. The highest BCUT2D eigenvalue weighted by Gasteiger charge is 2.32. The summed E-state index contributed by atoms with van der Waals surface area (Å²) in [6.45, 7) is 7.79. The van der Waals surface area contributed by atoms with Gasteiger partial charge in [0.25, 0.3) is 0 Å². The van der Waals surface area contributed by atoms with E-state index in [1.165, 1.54) is 6.07 Å². The summed E-state index contributed by atoms with van der Waals surface area (Å²) in [6, 6.07) is 4.82. The highest BCUT2D eigenvalue weighted by molar-refractivity contribution is 5.69. The van der Waals surface area contributed by atoms with Crippen molar-refractivity contribution in [3.63, 3.8) is 0 Å². The van der Waals surface area contributed by atoms with Gasteiger partial charge in [-0.2, -0.15) is 13.2 Å². The lowest BCUT2D eigenvalue weighted by Crippen LogP contribution is -2.42. The van der Waals surface area contributed by atoms with E-state index in [0.29, 0.717) is 5.56 Å². The Morgan fingerprint density at radius 2 is 1.89 bits per heavy atom. The molecule has 0 radical (unpaired) electrons. The van der Waals surface area contributed by atoms with Crippen LogP contribution in [0.25, 0.3) is 6.08 Å². The average Bonchev–Trinajstić information content (AvgIpc) is 3.10. The quantitative estimate of drug-likeness (QED) is 0.593. The topological polar surface area (TPSA) is 38.8 Å². The third-order valence-electron chi connectivity index (χ3n) is 4.45. The van der Waals surface area contributed by atoms with E-state index >= 15 is 0 Å². The first-order chi connectivity index (χ1) is 13.0. The molecule has 1 saturated carbocycles. The van der Waals surface area contributed by atoms with E-state index in [1.807, 2.05) is 0 Å². The van der Waals surface area contributed by atoms with Crippen LogP contribution in [0.1, 0.15) is 57.6 Å². The normalized spacial score (nSPS) is 15.4. The molecule has 1 aromatic rings. The number of rotatable bonds is 6. The molecule has 0 spiro atoms. The minimum Gasteiger partial charge on any atom is -0.484 e. The number of benzene rings is 1. The van der Waals surface area contributed by atoms with Crippen molar-refractivity contribution in [1.82, 2.24) is 4.90 Å². The Bertz CT molecular complexity index is 689. The molecule has 0 heterocycles. The third-order valence-corrected chi connectivity index (χ3v) is 4.45. The van der Waals surface area contributed by atoms with E-state index in [2.05, 4.69) is 6.58 Å². The summed E-state index contributed by atoms with van der Waals surface area (Å²) in [6.07, 6.45) is 0.403. The van der Waals surface area contributed by atoms with Crippen molar-refractivity contribution < 1.29 is 27.4 Å². The van der Waals surface area contributed by atoms with Crippen LogP contribution in [0.2, 0.25) is 0 Å². The largest absolute Gasteiger partial charge is 0.484 e. The number of ether oxygens (including phenoxy) is 2. The molecule has 156 valence electrons. The summed E-state index contributed by atoms with van der Waals surface area (Å²) in [7, 11) is 0. The molecule has 0 saturated heterocycles. The Balaban J connectivity index is 2.30. The Morgan fingerprint density at radius 3 is 2.43 bits per heavy atom. The van der Waals surface area contributed by atoms with Crippen LogP contribution < -0.4 is 4.74 Å². The second kappa shape index (κ2) is 8.88.